The van der Waals surface area contributed by atoms with Gasteiger partial charge in [0.05, 0.1) is 5.69 Å². The van der Waals surface area contributed by atoms with Crippen LogP contribution >= 0.6 is 0 Å². The number of benzene rings is 1. The fourth-order valence-corrected chi connectivity index (χ4v) is 1.87. The van der Waals surface area contributed by atoms with Crippen molar-refractivity contribution >= 4 is 11.7 Å². The van der Waals surface area contributed by atoms with Gasteiger partial charge in [0.15, 0.2) is 0 Å². The van der Waals surface area contributed by atoms with Crippen LogP contribution in [0.2, 0.25) is 0 Å². The summed E-state index contributed by atoms with van der Waals surface area (Å²) in [4.78, 5) is 16.3. The lowest BCUT2D eigenvalue weighted by molar-refractivity contribution is 0.246. The van der Waals surface area contributed by atoms with Gasteiger partial charge in [-0.15, -0.1) is 0 Å². The SMILES string of the molecule is Cc1nc(-c2cccc(NC(=O)NC(C)C(C)C)c2)oc1C. The molecule has 0 saturated carbocycles. The molecule has 0 spiro atoms. The fraction of sp³-hybridized carbons (Fsp3) is 0.412. The van der Waals surface area contributed by atoms with Crippen molar-refractivity contribution in [3.8, 4) is 11.5 Å². The number of nitrogens with zero attached hydrogens (tertiary/aromatic N) is 1. The Hall–Kier alpha value is -2.30. The first-order valence-electron chi connectivity index (χ1n) is 7.49. The maximum atomic E-state index is 12.0. The number of carbonyl (C=O) groups is 1. The van der Waals surface area contributed by atoms with Gasteiger partial charge in [0.25, 0.3) is 0 Å². The summed E-state index contributed by atoms with van der Waals surface area (Å²) in [6.07, 6.45) is 0. The molecule has 2 rings (SSSR count). The van der Waals surface area contributed by atoms with Gasteiger partial charge in [-0.3, -0.25) is 0 Å². The highest BCUT2D eigenvalue weighted by Gasteiger charge is 2.12. The molecule has 0 radical (unpaired) electrons. The molecule has 1 atom stereocenters. The lowest BCUT2D eigenvalue weighted by atomic mass is 10.1. The molecule has 0 aliphatic carbocycles. The highest BCUT2D eigenvalue weighted by atomic mass is 16.4. The van der Waals surface area contributed by atoms with E-state index in [1.807, 2.05) is 45.0 Å². The third-order valence-corrected chi connectivity index (χ3v) is 3.75. The second-order valence-electron chi connectivity index (χ2n) is 5.87. The number of urea groups is 1. The van der Waals surface area contributed by atoms with E-state index in [0.717, 1.165) is 17.0 Å². The van der Waals surface area contributed by atoms with Crippen molar-refractivity contribution < 1.29 is 9.21 Å². The number of amides is 2. The fourth-order valence-electron chi connectivity index (χ4n) is 1.87. The minimum absolute atomic E-state index is 0.111. The van der Waals surface area contributed by atoms with Gasteiger partial charge in [-0.2, -0.15) is 0 Å². The summed E-state index contributed by atoms with van der Waals surface area (Å²) in [5.41, 5.74) is 2.42. The number of anilines is 1. The van der Waals surface area contributed by atoms with Crippen molar-refractivity contribution in [2.45, 2.75) is 40.7 Å². The van der Waals surface area contributed by atoms with Gasteiger partial charge >= 0.3 is 6.03 Å². The van der Waals surface area contributed by atoms with Crippen LogP contribution in [0.5, 0.6) is 0 Å². The van der Waals surface area contributed by atoms with Crippen LogP contribution in [-0.2, 0) is 0 Å². The van der Waals surface area contributed by atoms with Crippen LogP contribution in [-0.4, -0.2) is 17.1 Å². The Kier molecular flexibility index (Phi) is 4.85. The molecule has 0 saturated heterocycles. The van der Waals surface area contributed by atoms with Gasteiger partial charge in [0, 0.05) is 17.3 Å². The summed E-state index contributed by atoms with van der Waals surface area (Å²) < 4.78 is 5.62. The summed E-state index contributed by atoms with van der Waals surface area (Å²) in [6.45, 7) is 9.91. The highest BCUT2D eigenvalue weighted by Crippen LogP contribution is 2.24. The number of nitrogens with one attached hydrogen (secondary N) is 2. The van der Waals surface area contributed by atoms with Gasteiger partial charge < -0.3 is 15.1 Å². The van der Waals surface area contributed by atoms with Crippen LogP contribution in [0, 0.1) is 19.8 Å². The molecule has 2 N–H and O–H groups in total. The maximum absolute atomic E-state index is 12.0. The highest BCUT2D eigenvalue weighted by molar-refractivity contribution is 5.90. The van der Waals surface area contributed by atoms with Crippen LogP contribution in [0.15, 0.2) is 28.7 Å². The summed E-state index contributed by atoms with van der Waals surface area (Å²) in [7, 11) is 0. The van der Waals surface area contributed by atoms with E-state index in [2.05, 4.69) is 29.5 Å². The Balaban J connectivity index is 2.10. The second kappa shape index (κ2) is 6.64. The first-order valence-corrected chi connectivity index (χ1v) is 7.49. The maximum Gasteiger partial charge on any atom is 0.319 e. The van der Waals surface area contributed by atoms with Crippen molar-refractivity contribution in [3.63, 3.8) is 0 Å². The molecular weight excluding hydrogens is 278 g/mol. The lowest BCUT2D eigenvalue weighted by Crippen LogP contribution is -2.38. The average molecular weight is 301 g/mol. The van der Waals surface area contributed by atoms with E-state index in [1.54, 1.807) is 0 Å². The Morgan fingerprint density at radius 2 is 1.95 bits per heavy atom. The summed E-state index contributed by atoms with van der Waals surface area (Å²) in [5, 5.41) is 5.75. The number of hydrogen-bond donors (Lipinski definition) is 2. The summed E-state index contributed by atoms with van der Waals surface area (Å²) in [6, 6.07) is 7.37. The Labute approximate surface area is 131 Å². The van der Waals surface area contributed by atoms with Gasteiger partial charge in [-0.05, 0) is 44.9 Å². The van der Waals surface area contributed by atoms with E-state index in [0.29, 0.717) is 17.5 Å². The van der Waals surface area contributed by atoms with E-state index >= 15 is 0 Å². The van der Waals surface area contributed by atoms with Gasteiger partial charge in [-0.1, -0.05) is 19.9 Å². The van der Waals surface area contributed by atoms with Crippen molar-refractivity contribution in [3.05, 3.63) is 35.7 Å². The van der Waals surface area contributed by atoms with Crippen molar-refractivity contribution in [1.29, 1.82) is 0 Å². The Morgan fingerprint density at radius 3 is 2.55 bits per heavy atom. The molecule has 0 bridgehead atoms. The van der Waals surface area contributed by atoms with Gasteiger partial charge in [0.2, 0.25) is 5.89 Å². The van der Waals surface area contributed by atoms with Crippen LogP contribution in [0.3, 0.4) is 0 Å². The monoisotopic (exact) mass is 301 g/mol. The quantitative estimate of drug-likeness (QED) is 0.892. The van der Waals surface area contributed by atoms with Crippen molar-refractivity contribution in [2.24, 2.45) is 5.92 Å². The molecule has 1 unspecified atom stereocenters. The molecule has 0 fully saturated rings. The zero-order chi connectivity index (χ0) is 16.3. The first kappa shape index (κ1) is 16.1. The van der Waals surface area contributed by atoms with Crippen LogP contribution in [0.1, 0.15) is 32.2 Å². The third kappa shape index (κ3) is 3.87. The normalized spacial score (nSPS) is 12.3. The van der Waals surface area contributed by atoms with E-state index in [4.69, 9.17) is 4.42 Å². The molecule has 2 aromatic rings. The van der Waals surface area contributed by atoms with Crippen LogP contribution in [0.25, 0.3) is 11.5 Å². The molecule has 1 heterocycles. The molecule has 5 heteroatoms. The topological polar surface area (TPSA) is 67.2 Å². The minimum atomic E-state index is -0.210. The van der Waals surface area contributed by atoms with E-state index in [9.17, 15) is 4.79 Å². The predicted octanol–water partition coefficient (Wildman–Crippen LogP) is 4.12. The molecule has 2 amide bonds. The lowest BCUT2D eigenvalue weighted by Gasteiger charge is -2.17. The van der Waals surface area contributed by atoms with Crippen molar-refractivity contribution in [2.75, 3.05) is 5.32 Å². The van der Waals surface area contributed by atoms with E-state index in [1.165, 1.54) is 0 Å². The number of rotatable bonds is 4. The van der Waals surface area contributed by atoms with Crippen LogP contribution in [0.4, 0.5) is 10.5 Å². The van der Waals surface area contributed by atoms with Crippen molar-refractivity contribution in [1.82, 2.24) is 10.3 Å². The Bertz CT molecular complexity index is 642. The average Bonchev–Trinajstić information content (AvgIpc) is 2.78. The Morgan fingerprint density at radius 1 is 1.23 bits per heavy atom. The molecule has 1 aromatic heterocycles. The molecular formula is C17H23N3O2. The standard InChI is InChI=1S/C17H23N3O2/c1-10(2)11(3)19-17(21)20-15-8-6-7-14(9-15)16-18-12(4)13(5)22-16/h6-11H,1-5H3,(H2,19,20,21). The molecule has 22 heavy (non-hydrogen) atoms. The molecule has 1 aromatic carbocycles. The minimum Gasteiger partial charge on any atom is -0.441 e. The number of aromatic nitrogens is 1. The number of oxazole rings is 1. The number of aryl methyl sites for hydroxylation is 2. The zero-order valence-electron chi connectivity index (χ0n) is 13.7. The smallest absolute Gasteiger partial charge is 0.319 e. The van der Waals surface area contributed by atoms with Crippen LogP contribution < -0.4 is 10.6 Å². The molecule has 118 valence electrons. The van der Waals surface area contributed by atoms with E-state index < -0.39 is 0 Å². The summed E-state index contributed by atoms with van der Waals surface area (Å²) in [5.74, 6) is 1.75. The van der Waals surface area contributed by atoms with Gasteiger partial charge in [-0.25, -0.2) is 9.78 Å². The first-order chi connectivity index (χ1) is 10.4. The molecule has 5 nitrogen and oxygen atoms in total. The third-order valence-electron chi connectivity index (χ3n) is 3.75. The summed E-state index contributed by atoms with van der Waals surface area (Å²) >= 11 is 0. The number of hydrogen-bond acceptors (Lipinski definition) is 3. The number of carbonyl (C=O) groups excluding carboxylic acids is 1. The largest absolute Gasteiger partial charge is 0.441 e. The molecule has 0 aliphatic rings. The van der Waals surface area contributed by atoms with E-state index in [-0.39, 0.29) is 12.1 Å². The predicted molar refractivity (Wildman–Crippen MR) is 87.9 cm³/mol. The second-order valence-corrected chi connectivity index (χ2v) is 5.87. The van der Waals surface area contributed by atoms with Gasteiger partial charge in [0.1, 0.15) is 5.76 Å². The zero-order valence-corrected chi connectivity index (χ0v) is 13.7. The molecule has 0 aliphatic heterocycles.